The van der Waals surface area contributed by atoms with E-state index in [0.29, 0.717) is 23.7 Å². The van der Waals surface area contributed by atoms with Crippen molar-refractivity contribution >= 4 is 41.3 Å². The number of hydrogen-bond donors (Lipinski definition) is 2. The minimum Gasteiger partial charge on any atom is -0.497 e. The average Bonchev–Trinajstić information content (AvgIpc) is 3.05. The summed E-state index contributed by atoms with van der Waals surface area (Å²) in [6, 6.07) is 12.9. The fraction of sp³-hybridized carbons (Fsp3) is 0.300. The lowest BCUT2D eigenvalue weighted by Gasteiger charge is -2.20. The van der Waals surface area contributed by atoms with Gasteiger partial charge in [0, 0.05) is 24.7 Å². The second-order valence-electron chi connectivity index (χ2n) is 6.33. The molecule has 1 heterocycles. The Labute approximate surface area is 165 Å². The Morgan fingerprint density at radius 1 is 1.30 bits per heavy atom. The van der Waals surface area contributed by atoms with E-state index in [4.69, 9.17) is 10.5 Å². The largest absolute Gasteiger partial charge is 0.497 e. The molecule has 0 radical (unpaired) electrons. The summed E-state index contributed by atoms with van der Waals surface area (Å²) in [5.41, 5.74) is 8.86. The molecule has 3 rings (SSSR count). The van der Waals surface area contributed by atoms with E-state index in [1.54, 1.807) is 30.2 Å². The highest BCUT2D eigenvalue weighted by molar-refractivity contribution is 6.04. The third-order valence-electron chi connectivity index (χ3n) is 4.68. The minimum absolute atomic E-state index is 0. The molecule has 0 aromatic heterocycles. The molecule has 1 unspecified atom stereocenters. The van der Waals surface area contributed by atoms with Crippen LogP contribution in [-0.2, 0) is 16.0 Å². The van der Waals surface area contributed by atoms with Crippen molar-refractivity contribution in [2.45, 2.75) is 19.8 Å². The third-order valence-corrected chi connectivity index (χ3v) is 4.68. The van der Waals surface area contributed by atoms with Gasteiger partial charge in [-0.15, -0.1) is 12.4 Å². The van der Waals surface area contributed by atoms with E-state index in [1.165, 1.54) is 0 Å². The molecular weight excluding hydrogens is 366 g/mol. The summed E-state index contributed by atoms with van der Waals surface area (Å²) in [6.07, 6.45) is 1.02. The summed E-state index contributed by atoms with van der Waals surface area (Å²) in [4.78, 5) is 26.8. The van der Waals surface area contributed by atoms with Crippen molar-refractivity contribution in [1.82, 2.24) is 0 Å². The van der Waals surface area contributed by atoms with Crippen LogP contribution in [0.2, 0.25) is 0 Å². The van der Waals surface area contributed by atoms with Crippen molar-refractivity contribution in [3.8, 4) is 5.75 Å². The molecule has 1 saturated heterocycles. The summed E-state index contributed by atoms with van der Waals surface area (Å²) in [6.45, 7) is 2.42. The Hall–Kier alpha value is -2.73. The maximum atomic E-state index is 12.7. The molecule has 144 valence electrons. The summed E-state index contributed by atoms with van der Waals surface area (Å²) in [5.74, 6) is -0.0621. The predicted octanol–water partition coefficient (Wildman–Crippen LogP) is 3.25. The number of amides is 2. The standard InChI is InChI=1S/C20H23N3O3.ClH/c1-3-13-6-4-5-7-18(13)23-12-14(10-19(23)24)20(25)22-17-11-15(26-2)8-9-16(17)21;/h4-9,11,14H,3,10,12,21H2,1-2H3,(H,22,25);1H. The summed E-state index contributed by atoms with van der Waals surface area (Å²) in [5, 5.41) is 2.83. The van der Waals surface area contributed by atoms with Crippen molar-refractivity contribution in [3.05, 3.63) is 48.0 Å². The number of nitrogen functional groups attached to an aromatic ring is 1. The molecule has 6 nitrogen and oxygen atoms in total. The van der Waals surface area contributed by atoms with Gasteiger partial charge in [0.25, 0.3) is 0 Å². The van der Waals surface area contributed by atoms with Gasteiger partial charge in [-0.05, 0) is 30.2 Å². The number of carbonyl (C=O) groups is 2. The Kier molecular flexibility index (Phi) is 6.69. The van der Waals surface area contributed by atoms with E-state index >= 15 is 0 Å². The van der Waals surface area contributed by atoms with Gasteiger partial charge >= 0.3 is 0 Å². The van der Waals surface area contributed by atoms with Crippen LogP contribution in [0.4, 0.5) is 17.1 Å². The fourth-order valence-corrected chi connectivity index (χ4v) is 3.19. The Balaban J connectivity index is 0.00000261. The molecule has 2 aromatic carbocycles. The van der Waals surface area contributed by atoms with E-state index < -0.39 is 5.92 Å². The highest BCUT2D eigenvalue weighted by Crippen LogP contribution is 2.30. The van der Waals surface area contributed by atoms with Gasteiger partial charge in [-0.1, -0.05) is 25.1 Å². The van der Waals surface area contributed by atoms with E-state index in [0.717, 1.165) is 17.7 Å². The predicted molar refractivity (Wildman–Crippen MR) is 110 cm³/mol. The van der Waals surface area contributed by atoms with Gasteiger partial charge in [0.2, 0.25) is 11.8 Å². The molecule has 1 aliphatic rings. The van der Waals surface area contributed by atoms with Crippen molar-refractivity contribution < 1.29 is 14.3 Å². The van der Waals surface area contributed by atoms with Gasteiger partial charge in [0.15, 0.2) is 0 Å². The number of anilines is 3. The monoisotopic (exact) mass is 389 g/mol. The molecule has 0 aliphatic carbocycles. The molecule has 27 heavy (non-hydrogen) atoms. The number of methoxy groups -OCH3 is 1. The number of nitrogens with zero attached hydrogens (tertiary/aromatic N) is 1. The summed E-state index contributed by atoms with van der Waals surface area (Å²) in [7, 11) is 1.55. The molecule has 7 heteroatoms. The highest BCUT2D eigenvalue weighted by Gasteiger charge is 2.36. The first-order chi connectivity index (χ1) is 12.5. The van der Waals surface area contributed by atoms with E-state index in [2.05, 4.69) is 12.2 Å². The van der Waals surface area contributed by atoms with E-state index in [-0.39, 0.29) is 30.6 Å². The maximum absolute atomic E-state index is 12.7. The van der Waals surface area contributed by atoms with Crippen LogP contribution in [0, 0.1) is 5.92 Å². The Morgan fingerprint density at radius 2 is 2.04 bits per heavy atom. The van der Waals surface area contributed by atoms with Crippen LogP contribution >= 0.6 is 12.4 Å². The van der Waals surface area contributed by atoms with Crippen molar-refractivity contribution in [2.75, 3.05) is 29.6 Å². The van der Waals surface area contributed by atoms with Gasteiger partial charge < -0.3 is 20.7 Å². The quantitative estimate of drug-likeness (QED) is 0.769. The molecule has 1 aliphatic heterocycles. The number of carbonyl (C=O) groups excluding carboxylic acids is 2. The number of para-hydroxylation sites is 1. The van der Waals surface area contributed by atoms with Crippen molar-refractivity contribution in [2.24, 2.45) is 5.92 Å². The Morgan fingerprint density at radius 3 is 2.74 bits per heavy atom. The third kappa shape index (κ3) is 4.34. The smallest absolute Gasteiger partial charge is 0.229 e. The number of nitrogens with two attached hydrogens (primary N) is 1. The maximum Gasteiger partial charge on any atom is 0.229 e. The second-order valence-corrected chi connectivity index (χ2v) is 6.33. The number of rotatable bonds is 5. The molecule has 0 saturated carbocycles. The zero-order valence-electron chi connectivity index (χ0n) is 15.4. The average molecular weight is 390 g/mol. The topological polar surface area (TPSA) is 84.7 Å². The van der Waals surface area contributed by atoms with Gasteiger partial charge in [-0.2, -0.15) is 0 Å². The van der Waals surface area contributed by atoms with Crippen molar-refractivity contribution in [3.63, 3.8) is 0 Å². The van der Waals surface area contributed by atoms with Gasteiger partial charge in [-0.25, -0.2) is 0 Å². The van der Waals surface area contributed by atoms with Crippen LogP contribution in [0.15, 0.2) is 42.5 Å². The van der Waals surface area contributed by atoms with Crippen LogP contribution in [-0.4, -0.2) is 25.5 Å². The van der Waals surface area contributed by atoms with E-state index in [1.807, 2.05) is 24.3 Å². The number of aryl methyl sites for hydroxylation is 1. The lowest BCUT2D eigenvalue weighted by Crippen LogP contribution is -2.29. The van der Waals surface area contributed by atoms with Gasteiger partial charge in [0.05, 0.1) is 24.4 Å². The molecule has 1 fully saturated rings. The van der Waals surface area contributed by atoms with Gasteiger partial charge in [-0.3, -0.25) is 9.59 Å². The number of halogens is 1. The summed E-state index contributed by atoms with van der Waals surface area (Å²) >= 11 is 0. The number of benzene rings is 2. The molecule has 2 aromatic rings. The zero-order valence-corrected chi connectivity index (χ0v) is 16.2. The molecule has 2 amide bonds. The number of hydrogen-bond acceptors (Lipinski definition) is 4. The molecular formula is C20H24ClN3O3. The zero-order chi connectivity index (χ0) is 18.7. The van der Waals surface area contributed by atoms with Crippen LogP contribution in [0.25, 0.3) is 0 Å². The first-order valence-electron chi connectivity index (χ1n) is 8.66. The SMILES string of the molecule is CCc1ccccc1N1CC(C(=O)Nc2cc(OC)ccc2N)CC1=O.Cl. The van der Waals surface area contributed by atoms with E-state index in [9.17, 15) is 9.59 Å². The lowest BCUT2D eigenvalue weighted by molar-refractivity contribution is -0.122. The second kappa shape index (κ2) is 8.77. The summed E-state index contributed by atoms with van der Waals surface area (Å²) < 4.78 is 5.17. The molecule has 0 bridgehead atoms. The number of ether oxygens (including phenoxy) is 1. The van der Waals surface area contributed by atoms with Crippen LogP contribution in [0.5, 0.6) is 5.75 Å². The number of nitrogens with one attached hydrogen (secondary N) is 1. The first-order valence-corrected chi connectivity index (χ1v) is 8.66. The van der Waals surface area contributed by atoms with Crippen LogP contribution in [0.1, 0.15) is 18.9 Å². The Bertz CT molecular complexity index is 841. The molecule has 3 N–H and O–H groups in total. The first kappa shape index (κ1) is 20.6. The lowest BCUT2D eigenvalue weighted by atomic mass is 10.1. The van der Waals surface area contributed by atoms with Crippen LogP contribution in [0.3, 0.4) is 0 Å². The fourth-order valence-electron chi connectivity index (χ4n) is 3.19. The van der Waals surface area contributed by atoms with Crippen molar-refractivity contribution in [1.29, 1.82) is 0 Å². The molecule has 1 atom stereocenters. The molecule has 0 spiro atoms. The van der Waals surface area contributed by atoms with Crippen LogP contribution < -0.4 is 20.7 Å². The minimum atomic E-state index is -0.419. The van der Waals surface area contributed by atoms with Gasteiger partial charge in [0.1, 0.15) is 5.75 Å². The highest BCUT2D eigenvalue weighted by atomic mass is 35.5. The normalized spacial score (nSPS) is 16.0.